The molecular formula is C14H24N4O. The van der Waals surface area contributed by atoms with E-state index >= 15 is 0 Å². The van der Waals surface area contributed by atoms with Gasteiger partial charge in [0, 0.05) is 31.0 Å². The van der Waals surface area contributed by atoms with Crippen molar-refractivity contribution in [2.75, 3.05) is 18.0 Å². The molecule has 0 spiro atoms. The van der Waals surface area contributed by atoms with Crippen LogP contribution in [0.25, 0.3) is 0 Å². The normalized spacial score (nSPS) is 18.3. The summed E-state index contributed by atoms with van der Waals surface area (Å²) in [5, 5.41) is 0. The average molecular weight is 264 g/mol. The molecular weight excluding hydrogens is 240 g/mol. The zero-order chi connectivity index (χ0) is 14.3. The highest BCUT2D eigenvalue weighted by Gasteiger charge is 2.40. The van der Waals surface area contributed by atoms with E-state index in [2.05, 4.69) is 11.9 Å². The lowest BCUT2D eigenvalue weighted by molar-refractivity contribution is 0.302. The first-order valence-electron chi connectivity index (χ1n) is 6.89. The molecule has 0 saturated carbocycles. The summed E-state index contributed by atoms with van der Waals surface area (Å²) in [6.07, 6.45) is 5.49. The van der Waals surface area contributed by atoms with E-state index in [1.54, 1.807) is 17.0 Å². The molecule has 1 saturated heterocycles. The highest BCUT2D eigenvalue weighted by Crippen LogP contribution is 2.26. The Kier molecular flexibility index (Phi) is 3.43. The highest BCUT2D eigenvalue weighted by molar-refractivity contribution is 5.42. The van der Waals surface area contributed by atoms with Gasteiger partial charge in [-0.2, -0.15) is 0 Å². The van der Waals surface area contributed by atoms with Gasteiger partial charge in [-0.05, 0) is 27.2 Å². The molecule has 2 rings (SSSR count). The van der Waals surface area contributed by atoms with Gasteiger partial charge in [0.05, 0.1) is 5.54 Å². The van der Waals surface area contributed by atoms with Crippen LogP contribution in [0.15, 0.2) is 17.2 Å². The van der Waals surface area contributed by atoms with Gasteiger partial charge in [0.25, 0.3) is 5.56 Å². The molecule has 5 nitrogen and oxygen atoms in total. The molecule has 1 fully saturated rings. The summed E-state index contributed by atoms with van der Waals surface area (Å²) >= 11 is 0. The van der Waals surface area contributed by atoms with E-state index in [4.69, 9.17) is 5.73 Å². The monoisotopic (exact) mass is 264 g/mol. The first-order chi connectivity index (χ1) is 8.77. The number of rotatable bonds is 3. The summed E-state index contributed by atoms with van der Waals surface area (Å²) in [5.74, 6) is 0.523. The highest BCUT2D eigenvalue weighted by atomic mass is 16.1. The molecule has 1 aliphatic rings. The SMILES string of the molecule is CCCC1(N)CN(c2nccn(C(C)(C)C)c2=O)C1. The third-order valence-corrected chi connectivity index (χ3v) is 3.60. The lowest BCUT2D eigenvalue weighted by atomic mass is 9.86. The largest absolute Gasteiger partial charge is 0.348 e. The summed E-state index contributed by atoms with van der Waals surface area (Å²) in [5.41, 5.74) is 5.82. The van der Waals surface area contributed by atoms with E-state index in [1.807, 2.05) is 25.7 Å². The third-order valence-electron chi connectivity index (χ3n) is 3.60. The molecule has 0 aliphatic carbocycles. The molecule has 1 aliphatic heterocycles. The quantitative estimate of drug-likeness (QED) is 0.894. The fourth-order valence-electron chi connectivity index (χ4n) is 2.67. The maximum atomic E-state index is 12.4. The van der Waals surface area contributed by atoms with E-state index in [0.717, 1.165) is 25.9 Å². The molecule has 19 heavy (non-hydrogen) atoms. The van der Waals surface area contributed by atoms with Gasteiger partial charge in [-0.15, -0.1) is 0 Å². The zero-order valence-corrected chi connectivity index (χ0v) is 12.3. The van der Waals surface area contributed by atoms with Gasteiger partial charge >= 0.3 is 0 Å². The summed E-state index contributed by atoms with van der Waals surface area (Å²) in [4.78, 5) is 18.7. The Bertz CT molecular complexity index is 509. The van der Waals surface area contributed by atoms with Crippen LogP contribution in [0.1, 0.15) is 40.5 Å². The minimum atomic E-state index is -0.233. The summed E-state index contributed by atoms with van der Waals surface area (Å²) in [6, 6.07) is 0. The molecule has 0 aromatic carbocycles. The van der Waals surface area contributed by atoms with Gasteiger partial charge in [0.1, 0.15) is 0 Å². The van der Waals surface area contributed by atoms with Crippen molar-refractivity contribution < 1.29 is 0 Å². The van der Waals surface area contributed by atoms with Crippen LogP contribution >= 0.6 is 0 Å². The summed E-state index contributed by atoms with van der Waals surface area (Å²) in [6.45, 7) is 9.61. The number of anilines is 1. The standard InChI is InChI=1S/C14H24N4O/c1-5-6-14(15)9-17(10-14)11-12(19)18(8-7-16-11)13(2,3)4/h7-8H,5-6,9-10,15H2,1-4H3. The van der Waals surface area contributed by atoms with E-state index < -0.39 is 0 Å². The van der Waals surface area contributed by atoms with E-state index in [9.17, 15) is 4.79 Å². The lowest BCUT2D eigenvalue weighted by Gasteiger charge is -2.48. The maximum absolute atomic E-state index is 12.4. The molecule has 106 valence electrons. The predicted molar refractivity (Wildman–Crippen MR) is 77.5 cm³/mol. The smallest absolute Gasteiger partial charge is 0.293 e. The van der Waals surface area contributed by atoms with Gasteiger partial charge in [-0.3, -0.25) is 4.79 Å². The molecule has 0 radical (unpaired) electrons. The van der Waals surface area contributed by atoms with Crippen LogP contribution in [-0.4, -0.2) is 28.2 Å². The van der Waals surface area contributed by atoms with Crippen molar-refractivity contribution in [3.63, 3.8) is 0 Å². The average Bonchev–Trinajstić information content (AvgIpc) is 2.25. The van der Waals surface area contributed by atoms with Crippen molar-refractivity contribution in [1.82, 2.24) is 9.55 Å². The first-order valence-corrected chi connectivity index (χ1v) is 6.89. The van der Waals surface area contributed by atoms with Gasteiger partial charge in [-0.25, -0.2) is 4.98 Å². The fourth-order valence-corrected chi connectivity index (χ4v) is 2.67. The molecule has 5 heteroatoms. The van der Waals surface area contributed by atoms with Crippen molar-refractivity contribution in [3.05, 3.63) is 22.7 Å². The Labute approximate surface area is 114 Å². The molecule has 1 aromatic heterocycles. The third kappa shape index (κ3) is 2.66. The van der Waals surface area contributed by atoms with Gasteiger partial charge in [0.15, 0.2) is 5.82 Å². The number of aromatic nitrogens is 2. The predicted octanol–water partition coefficient (Wildman–Crippen LogP) is 1.32. The maximum Gasteiger partial charge on any atom is 0.293 e. The van der Waals surface area contributed by atoms with Crippen molar-refractivity contribution in [1.29, 1.82) is 0 Å². The van der Waals surface area contributed by atoms with E-state index in [-0.39, 0.29) is 16.6 Å². The number of hydrogen-bond acceptors (Lipinski definition) is 4. The molecule has 0 atom stereocenters. The van der Waals surface area contributed by atoms with Crippen LogP contribution in [0.3, 0.4) is 0 Å². The van der Waals surface area contributed by atoms with Crippen molar-refractivity contribution in [2.24, 2.45) is 5.73 Å². The topological polar surface area (TPSA) is 64.2 Å². The van der Waals surface area contributed by atoms with E-state index in [1.165, 1.54) is 0 Å². The Morgan fingerprint density at radius 1 is 1.42 bits per heavy atom. The summed E-state index contributed by atoms with van der Waals surface area (Å²) < 4.78 is 1.73. The van der Waals surface area contributed by atoms with Crippen LogP contribution in [0, 0.1) is 0 Å². The number of hydrogen-bond donors (Lipinski definition) is 1. The molecule has 0 bridgehead atoms. The van der Waals surface area contributed by atoms with Crippen molar-refractivity contribution in [2.45, 2.75) is 51.6 Å². The molecule has 2 heterocycles. The molecule has 0 amide bonds. The number of nitrogens with zero attached hydrogens (tertiary/aromatic N) is 3. The van der Waals surface area contributed by atoms with Gasteiger partial charge in [0.2, 0.25) is 0 Å². The second-order valence-corrected chi connectivity index (χ2v) is 6.57. The minimum absolute atomic E-state index is 0.0338. The Morgan fingerprint density at radius 3 is 2.58 bits per heavy atom. The second-order valence-electron chi connectivity index (χ2n) is 6.57. The molecule has 0 unspecified atom stereocenters. The Hall–Kier alpha value is -1.36. The van der Waals surface area contributed by atoms with Crippen molar-refractivity contribution >= 4 is 5.82 Å². The van der Waals surface area contributed by atoms with Gasteiger partial charge < -0.3 is 15.2 Å². The van der Waals surface area contributed by atoms with Crippen LogP contribution in [0.4, 0.5) is 5.82 Å². The van der Waals surface area contributed by atoms with Crippen LogP contribution in [0.2, 0.25) is 0 Å². The minimum Gasteiger partial charge on any atom is -0.348 e. The lowest BCUT2D eigenvalue weighted by Crippen LogP contribution is -2.68. The Balaban J connectivity index is 2.23. The fraction of sp³-hybridized carbons (Fsp3) is 0.714. The van der Waals surface area contributed by atoms with Gasteiger partial charge in [-0.1, -0.05) is 13.3 Å². The molecule has 2 N–H and O–H groups in total. The zero-order valence-electron chi connectivity index (χ0n) is 12.3. The van der Waals surface area contributed by atoms with Crippen LogP contribution in [0.5, 0.6) is 0 Å². The summed E-state index contributed by atoms with van der Waals surface area (Å²) in [7, 11) is 0. The number of nitrogens with two attached hydrogens (primary N) is 1. The Morgan fingerprint density at radius 2 is 2.05 bits per heavy atom. The van der Waals surface area contributed by atoms with Crippen LogP contribution < -0.4 is 16.2 Å². The van der Waals surface area contributed by atoms with Crippen molar-refractivity contribution in [3.8, 4) is 0 Å². The van der Waals surface area contributed by atoms with Crippen LogP contribution in [-0.2, 0) is 5.54 Å². The van der Waals surface area contributed by atoms with E-state index in [0.29, 0.717) is 5.82 Å². The first kappa shape index (κ1) is 14.1. The molecule has 1 aromatic rings. The second kappa shape index (κ2) is 4.63.